The predicted molar refractivity (Wildman–Crippen MR) is 87.1 cm³/mol. The Kier molecular flexibility index (Phi) is 3.96. The number of benzene rings is 1. The number of aromatic amines is 1. The average molecular weight is 297 g/mol. The van der Waals surface area contributed by atoms with Crippen LogP contribution in [0.1, 0.15) is 23.1 Å². The summed E-state index contributed by atoms with van der Waals surface area (Å²) in [5.74, 6) is 0.708. The van der Waals surface area contributed by atoms with Gasteiger partial charge in [-0.05, 0) is 42.5 Å². The number of nitrogens with one attached hydrogen (secondary N) is 2. The van der Waals surface area contributed by atoms with Crippen LogP contribution >= 0.6 is 0 Å². The van der Waals surface area contributed by atoms with Gasteiger partial charge < -0.3 is 10.1 Å². The van der Waals surface area contributed by atoms with Crippen LogP contribution in [0.5, 0.6) is 5.88 Å². The molecule has 0 unspecified atom stereocenters. The number of H-pyrrole nitrogens is 1. The van der Waals surface area contributed by atoms with Crippen LogP contribution in [-0.4, -0.2) is 17.1 Å². The quantitative estimate of drug-likeness (QED) is 0.833. The molecule has 1 aliphatic rings. The molecule has 0 atom stereocenters. The molecule has 0 spiro atoms. The van der Waals surface area contributed by atoms with Crippen LogP contribution in [0.15, 0.2) is 35.6 Å². The fraction of sp³-hybridized carbons (Fsp3) is 0.294. The van der Waals surface area contributed by atoms with E-state index in [-0.39, 0.29) is 5.56 Å². The monoisotopic (exact) mass is 297 g/mol. The fourth-order valence-electron chi connectivity index (χ4n) is 2.82. The minimum atomic E-state index is -0.213. The van der Waals surface area contributed by atoms with E-state index >= 15 is 0 Å². The standard InChI is InChI=1S/C17H19N3O2/c1-3-5-14-15(21)19-17(20-16(14)22-2)18-13-9-8-11-6-4-7-12(11)10-13/h3,8-10H,1,4-7H2,2H3,(H2,18,19,20,21). The van der Waals surface area contributed by atoms with Gasteiger partial charge in [0.15, 0.2) is 0 Å². The zero-order valence-corrected chi connectivity index (χ0v) is 12.6. The molecule has 22 heavy (non-hydrogen) atoms. The first-order valence-corrected chi connectivity index (χ1v) is 7.38. The maximum absolute atomic E-state index is 12.1. The number of aromatic nitrogens is 2. The number of fused-ring (bicyclic) bond motifs is 1. The lowest BCUT2D eigenvalue weighted by atomic mass is 10.1. The van der Waals surface area contributed by atoms with Crippen LogP contribution in [0, 0.1) is 0 Å². The molecule has 0 fully saturated rings. The molecule has 2 aromatic rings. The van der Waals surface area contributed by atoms with Gasteiger partial charge in [0.25, 0.3) is 5.56 Å². The molecule has 0 amide bonds. The molecule has 1 aliphatic carbocycles. The number of nitrogens with zero attached hydrogens (tertiary/aromatic N) is 1. The number of ether oxygens (including phenoxy) is 1. The summed E-state index contributed by atoms with van der Waals surface area (Å²) in [7, 11) is 1.51. The van der Waals surface area contributed by atoms with Gasteiger partial charge in [-0.3, -0.25) is 9.78 Å². The van der Waals surface area contributed by atoms with Gasteiger partial charge in [-0.15, -0.1) is 6.58 Å². The molecular formula is C17H19N3O2. The lowest BCUT2D eigenvalue weighted by Gasteiger charge is -2.10. The third-order valence-corrected chi connectivity index (χ3v) is 3.88. The second-order valence-corrected chi connectivity index (χ2v) is 5.36. The Morgan fingerprint density at radius 1 is 1.41 bits per heavy atom. The smallest absolute Gasteiger partial charge is 0.259 e. The highest BCUT2D eigenvalue weighted by Crippen LogP contribution is 2.26. The van der Waals surface area contributed by atoms with Crippen LogP contribution in [0.4, 0.5) is 11.6 Å². The lowest BCUT2D eigenvalue weighted by Crippen LogP contribution is -2.17. The summed E-state index contributed by atoms with van der Waals surface area (Å²) in [6.45, 7) is 3.64. The Labute approximate surface area is 129 Å². The van der Waals surface area contributed by atoms with Crippen LogP contribution < -0.4 is 15.6 Å². The Balaban J connectivity index is 1.90. The van der Waals surface area contributed by atoms with E-state index in [0.29, 0.717) is 23.8 Å². The SMILES string of the molecule is C=CCc1c(OC)nc(Nc2ccc3c(c2)CCC3)[nH]c1=O. The van der Waals surface area contributed by atoms with Gasteiger partial charge in [0.1, 0.15) is 0 Å². The number of anilines is 2. The molecular weight excluding hydrogens is 278 g/mol. The number of aryl methyl sites for hydroxylation is 2. The van der Waals surface area contributed by atoms with E-state index in [2.05, 4.69) is 34.0 Å². The summed E-state index contributed by atoms with van der Waals surface area (Å²) < 4.78 is 5.21. The van der Waals surface area contributed by atoms with E-state index < -0.39 is 0 Å². The molecule has 0 radical (unpaired) electrons. The fourth-order valence-corrected chi connectivity index (χ4v) is 2.82. The molecule has 0 aliphatic heterocycles. The van der Waals surface area contributed by atoms with E-state index in [4.69, 9.17) is 4.74 Å². The Bertz CT molecular complexity index is 765. The second-order valence-electron chi connectivity index (χ2n) is 5.36. The number of rotatable bonds is 5. The van der Waals surface area contributed by atoms with Crippen molar-refractivity contribution in [3.8, 4) is 5.88 Å². The van der Waals surface area contributed by atoms with Crippen molar-refractivity contribution >= 4 is 11.6 Å². The average Bonchev–Trinajstić information content (AvgIpc) is 2.97. The maximum atomic E-state index is 12.1. The van der Waals surface area contributed by atoms with Crippen molar-refractivity contribution in [2.45, 2.75) is 25.7 Å². The van der Waals surface area contributed by atoms with Gasteiger partial charge in [0, 0.05) is 12.1 Å². The zero-order chi connectivity index (χ0) is 15.5. The van der Waals surface area contributed by atoms with E-state index in [0.717, 1.165) is 18.5 Å². The van der Waals surface area contributed by atoms with Crippen molar-refractivity contribution < 1.29 is 4.74 Å². The molecule has 5 heteroatoms. The third-order valence-electron chi connectivity index (χ3n) is 3.88. The van der Waals surface area contributed by atoms with Crippen LogP contribution in [0.2, 0.25) is 0 Å². The largest absolute Gasteiger partial charge is 0.481 e. The predicted octanol–water partition coefficient (Wildman–Crippen LogP) is 2.74. The maximum Gasteiger partial charge on any atom is 0.259 e. The molecule has 1 heterocycles. The first-order valence-electron chi connectivity index (χ1n) is 7.38. The van der Waals surface area contributed by atoms with Crippen molar-refractivity contribution in [1.82, 2.24) is 9.97 Å². The summed E-state index contributed by atoms with van der Waals surface area (Å²) in [6, 6.07) is 6.26. The summed E-state index contributed by atoms with van der Waals surface area (Å²) in [4.78, 5) is 19.2. The van der Waals surface area contributed by atoms with Crippen molar-refractivity contribution in [2.75, 3.05) is 12.4 Å². The van der Waals surface area contributed by atoms with Crippen LogP contribution in [0.25, 0.3) is 0 Å². The number of allylic oxidation sites excluding steroid dienone is 1. The van der Waals surface area contributed by atoms with E-state index in [1.165, 1.54) is 24.7 Å². The molecule has 0 saturated carbocycles. The second kappa shape index (κ2) is 6.05. The highest BCUT2D eigenvalue weighted by molar-refractivity contribution is 5.57. The van der Waals surface area contributed by atoms with Crippen LogP contribution in [-0.2, 0) is 19.3 Å². The zero-order valence-electron chi connectivity index (χ0n) is 12.6. The minimum absolute atomic E-state index is 0.213. The van der Waals surface area contributed by atoms with Gasteiger partial charge in [-0.1, -0.05) is 12.1 Å². The first kappa shape index (κ1) is 14.4. The van der Waals surface area contributed by atoms with Gasteiger partial charge in [0.2, 0.25) is 11.8 Å². The molecule has 0 saturated heterocycles. The summed E-state index contributed by atoms with van der Waals surface area (Å²) in [5, 5.41) is 3.15. The molecule has 0 bridgehead atoms. The van der Waals surface area contributed by atoms with Gasteiger partial charge in [-0.25, -0.2) is 0 Å². The van der Waals surface area contributed by atoms with Gasteiger partial charge >= 0.3 is 0 Å². The Morgan fingerprint density at radius 3 is 3.00 bits per heavy atom. The highest BCUT2D eigenvalue weighted by atomic mass is 16.5. The number of hydrogen-bond acceptors (Lipinski definition) is 4. The van der Waals surface area contributed by atoms with E-state index in [1.807, 2.05) is 6.07 Å². The lowest BCUT2D eigenvalue weighted by molar-refractivity contribution is 0.392. The number of hydrogen-bond donors (Lipinski definition) is 2. The molecule has 1 aromatic heterocycles. The highest BCUT2D eigenvalue weighted by Gasteiger charge is 2.13. The molecule has 114 valence electrons. The molecule has 3 rings (SSSR count). The third kappa shape index (κ3) is 2.74. The Morgan fingerprint density at radius 2 is 2.23 bits per heavy atom. The van der Waals surface area contributed by atoms with E-state index in [9.17, 15) is 4.79 Å². The van der Waals surface area contributed by atoms with Crippen molar-refractivity contribution in [3.63, 3.8) is 0 Å². The topological polar surface area (TPSA) is 67.0 Å². The molecule has 1 aromatic carbocycles. The summed E-state index contributed by atoms with van der Waals surface area (Å²) in [5.41, 5.74) is 3.96. The van der Waals surface area contributed by atoms with Crippen molar-refractivity contribution in [1.29, 1.82) is 0 Å². The van der Waals surface area contributed by atoms with Crippen LogP contribution in [0.3, 0.4) is 0 Å². The van der Waals surface area contributed by atoms with Crippen molar-refractivity contribution in [2.24, 2.45) is 0 Å². The Hall–Kier alpha value is -2.56. The minimum Gasteiger partial charge on any atom is -0.481 e. The summed E-state index contributed by atoms with van der Waals surface area (Å²) >= 11 is 0. The van der Waals surface area contributed by atoms with Gasteiger partial charge in [0.05, 0.1) is 12.7 Å². The van der Waals surface area contributed by atoms with E-state index in [1.54, 1.807) is 6.08 Å². The summed E-state index contributed by atoms with van der Waals surface area (Å²) in [6.07, 6.45) is 5.54. The molecule has 2 N–H and O–H groups in total. The van der Waals surface area contributed by atoms with Crippen molar-refractivity contribution in [3.05, 3.63) is 57.9 Å². The first-order chi connectivity index (χ1) is 10.7. The normalized spacial score (nSPS) is 12.8. The number of methoxy groups -OCH3 is 1. The molecule has 5 nitrogen and oxygen atoms in total. The van der Waals surface area contributed by atoms with Gasteiger partial charge in [-0.2, -0.15) is 4.98 Å².